The summed E-state index contributed by atoms with van der Waals surface area (Å²) in [4.78, 5) is 12.5. The summed E-state index contributed by atoms with van der Waals surface area (Å²) in [6.45, 7) is 6.18. The molecule has 8 heteroatoms. The van der Waals surface area contributed by atoms with E-state index in [1.165, 1.54) is 6.07 Å². The summed E-state index contributed by atoms with van der Waals surface area (Å²) in [7, 11) is 0. The minimum atomic E-state index is -0.532. The van der Waals surface area contributed by atoms with Crippen LogP contribution in [0.4, 0.5) is 5.69 Å². The Morgan fingerprint density at radius 2 is 1.80 bits per heavy atom. The average molecular weight is 463 g/mol. The molecule has 0 saturated heterocycles. The van der Waals surface area contributed by atoms with Crippen molar-refractivity contribution in [3.8, 4) is 17.1 Å². The SMILES string of the molecule is CC(C)(C)c1ccc(O)c(NC(=S)NC(=O)c2ccc(-c3ccc(Cl)cc3Cl)o2)c1. The molecule has 0 aliphatic heterocycles. The molecule has 30 heavy (non-hydrogen) atoms. The van der Waals surface area contributed by atoms with Crippen molar-refractivity contribution >= 4 is 52.1 Å². The van der Waals surface area contributed by atoms with Crippen molar-refractivity contribution in [2.45, 2.75) is 26.2 Å². The number of furan rings is 1. The molecule has 1 amide bonds. The second kappa shape index (κ2) is 8.68. The lowest BCUT2D eigenvalue weighted by Crippen LogP contribution is -2.34. The molecule has 3 rings (SSSR count). The molecular weight excluding hydrogens is 443 g/mol. The smallest absolute Gasteiger partial charge is 0.293 e. The van der Waals surface area contributed by atoms with Crippen molar-refractivity contribution in [3.05, 3.63) is 69.9 Å². The fraction of sp³-hybridized carbons (Fsp3) is 0.182. The van der Waals surface area contributed by atoms with Gasteiger partial charge in [0.1, 0.15) is 11.5 Å². The van der Waals surface area contributed by atoms with Gasteiger partial charge in [-0.05, 0) is 65.7 Å². The number of phenols is 1. The van der Waals surface area contributed by atoms with E-state index in [0.717, 1.165) is 5.56 Å². The van der Waals surface area contributed by atoms with Crippen molar-refractivity contribution in [2.24, 2.45) is 0 Å². The lowest BCUT2D eigenvalue weighted by atomic mass is 9.87. The Balaban J connectivity index is 1.71. The molecule has 0 atom stereocenters. The topological polar surface area (TPSA) is 74.5 Å². The Bertz CT molecular complexity index is 1120. The molecule has 0 aliphatic carbocycles. The Hall–Kier alpha value is -2.54. The number of amides is 1. The number of aromatic hydroxyl groups is 1. The van der Waals surface area contributed by atoms with E-state index in [2.05, 4.69) is 31.4 Å². The van der Waals surface area contributed by atoms with Crippen LogP contribution in [-0.4, -0.2) is 16.1 Å². The number of rotatable bonds is 3. The summed E-state index contributed by atoms with van der Waals surface area (Å²) in [5.74, 6) is -0.0170. The molecule has 3 N–H and O–H groups in total. The van der Waals surface area contributed by atoms with E-state index < -0.39 is 5.91 Å². The summed E-state index contributed by atoms with van der Waals surface area (Å²) < 4.78 is 5.61. The summed E-state index contributed by atoms with van der Waals surface area (Å²) in [6.07, 6.45) is 0. The maximum Gasteiger partial charge on any atom is 0.293 e. The molecule has 3 aromatic rings. The highest BCUT2D eigenvalue weighted by Gasteiger charge is 2.18. The largest absolute Gasteiger partial charge is 0.506 e. The monoisotopic (exact) mass is 462 g/mol. The third kappa shape index (κ3) is 5.14. The minimum Gasteiger partial charge on any atom is -0.506 e. The van der Waals surface area contributed by atoms with Crippen LogP contribution in [0.1, 0.15) is 36.9 Å². The first-order chi connectivity index (χ1) is 14.0. The van der Waals surface area contributed by atoms with Gasteiger partial charge in [-0.25, -0.2) is 0 Å². The second-order valence-corrected chi connectivity index (χ2v) is 8.93. The molecule has 0 radical (unpaired) electrons. The van der Waals surface area contributed by atoms with E-state index in [9.17, 15) is 9.90 Å². The van der Waals surface area contributed by atoms with Crippen LogP contribution in [-0.2, 0) is 5.41 Å². The van der Waals surface area contributed by atoms with Crippen molar-refractivity contribution in [3.63, 3.8) is 0 Å². The summed E-state index contributed by atoms with van der Waals surface area (Å²) in [6, 6.07) is 13.4. The third-order valence-corrected chi connectivity index (χ3v) is 5.12. The molecule has 0 unspecified atom stereocenters. The molecule has 0 aliphatic rings. The van der Waals surface area contributed by atoms with Crippen LogP contribution < -0.4 is 10.6 Å². The molecule has 5 nitrogen and oxygen atoms in total. The molecule has 0 spiro atoms. The highest BCUT2D eigenvalue weighted by Crippen LogP contribution is 2.32. The van der Waals surface area contributed by atoms with Gasteiger partial charge in [-0.1, -0.05) is 50.0 Å². The van der Waals surface area contributed by atoms with E-state index >= 15 is 0 Å². The molecule has 0 saturated carbocycles. The van der Waals surface area contributed by atoms with Crippen LogP contribution in [0.3, 0.4) is 0 Å². The quantitative estimate of drug-likeness (QED) is 0.310. The van der Waals surface area contributed by atoms with Crippen LogP contribution in [0.5, 0.6) is 5.75 Å². The van der Waals surface area contributed by atoms with Gasteiger partial charge in [-0.3, -0.25) is 10.1 Å². The van der Waals surface area contributed by atoms with Gasteiger partial charge in [0.15, 0.2) is 10.9 Å². The molecule has 156 valence electrons. The van der Waals surface area contributed by atoms with E-state index in [4.69, 9.17) is 39.8 Å². The van der Waals surface area contributed by atoms with E-state index in [1.54, 1.807) is 36.4 Å². The first-order valence-corrected chi connectivity index (χ1v) is 10.2. The highest BCUT2D eigenvalue weighted by molar-refractivity contribution is 7.80. The lowest BCUT2D eigenvalue weighted by Gasteiger charge is -2.20. The lowest BCUT2D eigenvalue weighted by molar-refractivity contribution is 0.0951. The Kier molecular flexibility index (Phi) is 6.41. The molecule has 0 fully saturated rings. The van der Waals surface area contributed by atoms with Gasteiger partial charge >= 0.3 is 0 Å². The first kappa shape index (κ1) is 22.2. The van der Waals surface area contributed by atoms with Crippen LogP contribution in [0.15, 0.2) is 52.9 Å². The highest BCUT2D eigenvalue weighted by atomic mass is 35.5. The number of hydrogen-bond acceptors (Lipinski definition) is 4. The van der Waals surface area contributed by atoms with Gasteiger partial charge in [-0.15, -0.1) is 0 Å². The van der Waals surface area contributed by atoms with Gasteiger partial charge in [0, 0.05) is 10.6 Å². The maximum absolute atomic E-state index is 12.5. The minimum absolute atomic E-state index is 0.0252. The van der Waals surface area contributed by atoms with Crippen LogP contribution in [0.25, 0.3) is 11.3 Å². The number of halogens is 2. The number of benzene rings is 2. The Morgan fingerprint density at radius 1 is 1.07 bits per heavy atom. The summed E-state index contributed by atoms with van der Waals surface area (Å²) in [5.41, 5.74) is 1.92. The fourth-order valence-electron chi connectivity index (χ4n) is 2.71. The third-order valence-electron chi connectivity index (χ3n) is 4.36. The molecule has 1 aromatic heterocycles. The van der Waals surface area contributed by atoms with Gasteiger partial charge < -0.3 is 14.8 Å². The van der Waals surface area contributed by atoms with Crippen LogP contribution >= 0.6 is 35.4 Å². The zero-order valence-corrected chi connectivity index (χ0v) is 18.9. The number of nitrogens with one attached hydrogen (secondary N) is 2. The maximum atomic E-state index is 12.5. The number of phenolic OH excluding ortho intramolecular Hbond substituents is 1. The number of anilines is 1. The molecular formula is C22H20Cl2N2O3S. The molecule has 1 heterocycles. The van der Waals surface area contributed by atoms with Crippen molar-refractivity contribution in [1.29, 1.82) is 0 Å². The number of thiocarbonyl (C=S) groups is 1. The van der Waals surface area contributed by atoms with Gasteiger partial charge in [-0.2, -0.15) is 0 Å². The van der Waals surface area contributed by atoms with E-state index in [0.29, 0.717) is 27.1 Å². The molecule has 0 bridgehead atoms. The van der Waals surface area contributed by atoms with Crippen LogP contribution in [0.2, 0.25) is 10.0 Å². The number of hydrogen-bond donors (Lipinski definition) is 3. The van der Waals surface area contributed by atoms with Crippen molar-refractivity contribution in [2.75, 3.05) is 5.32 Å². The summed E-state index contributed by atoms with van der Waals surface area (Å²) >= 11 is 17.3. The van der Waals surface area contributed by atoms with Crippen molar-refractivity contribution in [1.82, 2.24) is 5.32 Å². The van der Waals surface area contributed by atoms with Crippen LogP contribution in [0, 0.1) is 0 Å². The summed E-state index contributed by atoms with van der Waals surface area (Å²) in [5, 5.41) is 16.4. The van der Waals surface area contributed by atoms with Crippen molar-refractivity contribution < 1.29 is 14.3 Å². The van der Waals surface area contributed by atoms with Gasteiger partial charge in [0.25, 0.3) is 5.91 Å². The van der Waals surface area contributed by atoms with E-state index in [-0.39, 0.29) is 22.0 Å². The van der Waals surface area contributed by atoms with Gasteiger partial charge in [0.2, 0.25) is 0 Å². The predicted octanol–water partition coefficient (Wildman–Crippen LogP) is 6.38. The average Bonchev–Trinajstić information content (AvgIpc) is 3.12. The Labute approximate surface area is 190 Å². The van der Waals surface area contributed by atoms with Gasteiger partial charge in [0.05, 0.1) is 10.7 Å². The second-order valence-electron chi connectivity index (χ2n) is 7.68. The number of carbonyl (C=O) groups is 1. The standard InChI is InChI=1S/C22H20Cl2N2O3S/c1-22(2,3)12-4-7-17(27)16(10-12)25-21(30)26-20(28)19-9-8-18(29-19)14-6-5-13(23)11-15(14)24/h4-11,27H,1-3H3,(H2,25,26,28,30). The zero-order valence-electron chi connectivity index (χ0n) is 16.5. The Morgan fingerprint density at radius 3 is 2.47 bits per heavy atom. The predicted molar refractivity (Wildman–Crippen MR) is 125 cm³/mol. The number of carbonyl (C=O) groups excluding carboxylic acids is 1. The first-order valence-electron chi connectivity index (χ1n) is 9.05. The normalized spacial score (nSPS) is 11.2. The zero-order chi connectivity index (χ0) is 22.1. The fourth-order valence-corrected chi connectivity index (χ4v) is 3.42. The molecule has 2 aromatic carbocycles. The van der Waals surface area contributed by atoms with E-state index in [1.807, 2.05) is 6.07 Å².